The Bertz CT molecular complexity index is 429. The molecule has 4 nitrogen and oxygen atoms in total. The third-order valence-electron chi connectivity index (χ3n) is 1.47. The second-order valence-corrected chi connectivity index (χ2v) is 4.44. The highest BCUT2D eigenvalue weighted by molar-refractivity contribution is 7.88. The fourth-order valence-electron chi connectivity index (χ4n) is 0.833. The molecule has 0 saturated heterocycles. The largest absolute Gasteiger partial charge is 0.296 e. The molecule has 1 aromatic carbocycles. The van der Waals surface area contributed by atoms with Crippen molar-refractivity contribution in [3.63, 3.8) is 0 Å². The molecule has 0 spiro atoms. The number of halogens is 1. The van der Waals surface area contributed by atoms with Crippen LogP contribution in [0.4, 0.5) is 4.48 Å². The van der Waals surface area contributed by atoms with Crippen LogP contribution < -0.4 is 0 Å². The van der Waals surface area contributed by atoms with E-state index < -0.39 is 20.5 Å². The average Bonchev–Trinajstić information content (AvgIpc) is 2.15. The zero-order valence-electron chi connectivity index (χ0n) is 7.34. The number of sulfonamides is 1. The van der Waals surface area contributed by atoms with Gasteiger partial charge in [-0.2, -0.15) is 0 Å². The van der Waals surface area contributed by atoms with Crippen molar-refractivity contribution in [3.05, 3.63) is 35.9 Å². The van der Waals surface area contributed by atoms with E-state index in [9.17, 15) is 17.7 Å². The summed E-state index contributed by atoms with van der Waals surface area (Å²) in [7, 11) is -4.13. The molecule has 0 aliphatic rings. The molecule has 0 saturated carbocycles. The molecular formula is C8H8FNO3S. The van der Waals surface area contributed by atoms with E-state index >= 15 is 0 Å². The van der Waals surface area contributed by atoms with Gasteiger partial charge < -0.3 is 0 Å². The lowest BCUT2D eigenvalue weighted by atomic mass is 10.2. The van der Waals surface area contributed by atoms with Gasteiger partial charge in [-0.25, -0.2) is 8.42 Å². The summed E-state index contributed by atoms with van der Waals surface area (Å²) in [5, 5.41) is 0. The molecule has 1 aromatic rings. The number of nitrogens with zero attached hydrogens (tertiary/aromatic N) is 1. The van der Waals surface area contributed by atoms with Crippen LogP contribution in [-0.2, 0) is 10.0 Å². The topological polar surface area (TPSA) is 54.5 Å². The summed E-state index contributed by atoms with van der Waals surface area (Å²) in [6, 6.07) is 7.34. The maximum Gasteiger partial charge on any atom is 0.296 e. The molecule has 14 heavy (non-hydrogen) atoms. The zero-order valence-corrected chi connectivity index (χ0v) is 8.16. The Morgan fingerprint density at radius 1 is 1.29 bits per heavy atom. The van der Waals surface area contributed by atoms with Crippen molar-refractivity contribution < 1.29 is 17.7 Å². The van der Waals surface area contributed by atoms with E-state index in [4.69, 9.17) is 0 Å². The molecule has 0 N–H and O–H groups in total. The second kappa shape index (κ2) is 3.75. The fourth-order valence-corrected chi connectivity index (χ4v) is 1.24. The third-order valence-corrected chi connectivity index (χ3v) is 2.22. The molecule has 0 aliphatic heterocycles. The van der Waals surface area contributed by atoms with Crippen LogP contribution in [0.1, 0.15) is 10.4 Å². The molecule has 0 radical (unpaired) electrons. The highest BCUT2D eigenvalue weighted by Crippen LogP contribution is 2.08. The van der Waals surface area contributed by atoms with Crippen LogP contribution in [0.25, 0.3) is 0 Å². The first-order valence-corrected chi connectivity index (χ1v) is 5.53. The van der Waals surface area contributed by atoms with Crippen LogP contribution in [0.3, 0.4) is 0 Å². The lowest BCUT2D eigenvalue weighted by molar-refractivity contribution is 0.0591. The lowest BCUT2D eigenvalue weighted by Crippen LogP contribution is -2.28. The zero-order chi connectivity index (χ0) is 10.8. The molecule has 0 atom stereocenters. The molecule has 0 fully saturated rings. The molecule has 0 aromatic heterocycles. The van der Waals surface area contributed by atoms with Crippen LogP contribution in [0.2, 0.25) is 0 Å². The maximum absolute atomic E-state index is 12.9. The minimum atomic E-state index is -4.13. The Morgan fingerprint density at radius 2 is 1.79 bits per heavy atom. The van der Waals surface area contributed by atoms with Crippen molar-refractivity contribution in [2.24, 2.45) is 0 Å². The molecule has 0 aliphatic carbocycles. The van der Waals surface area contributed by atoms with Gasteiger partial charge in [-0.1, -0.05) is 27.2 Å². The Labute approximate surface area is 80.9 Å². The number of carbonyl (C=O) groups excluding carboxylic acids is 1. The van der Waals surface area contributed by atoms with Crippen LogP contribution >= 0.6 is 0 Å². The van der Waals surface area contributed by atoms with E-state index in [0.717, 1.165) is 0 Å². The predicted molar refractivity (Wildman–Crippen MR) is 48.6 cm³/mol. The SMILES string of the molecule is CS(=O)(=O)N(F)C(=O)c1ccccc1. The summed E-state index contributed by atoms with van der Waals surface area (Å²) in [6.45, 7) is 0. The minimum Gasteiger partial charge on any atom is -0.265 e. The minimum absolute atomic E-state index is 0.0135. The first-order valence-electron chi connectivity index (χ1n) is 3.68. The van der Waals surface area contributed by atoms with Gasteiger partial charge in [-0.15, -0.1) is 0 Å². The molecule has 0 unspecified atom stereocenters. The molecule has 0 bridgehead atoms. The number of hydrogen-bond acceptors (Lipinski definition) is 3. The molecule has 1 amide bonds. The average molecular weight is 217 g/mol. The quantitative estimate of drug-likeness (QED) is 0.694. The summed E-state index contributed by atoms with van der Waals surface area (Å²) < 4.78 is 33.5. The van der Waals surface area contributed by atoms with Gasteiger partial charge in [0.25, 0.3) is 15.9 Å². The molecule has 1 rings (SSSR count). The molecule has 6 heteroatoms. The van der Waals surface area contributed by atoms with Crippen molar-refractivity contribution in [2.75, 3.05) is 6.26 Å². The van der Waals surface area contributed by atoms with Crippen LogP contribution in [0.15, 0.2) is 30.3 Å². The first kappa shape index (κ1) is 10.6. The first-order chi connectivity index (χ1) is 6.43. The number of amides is 1. The van der Waals surface area contributed by atoms with Gasteiger partial charge in [0.15, 0.2) is 0 Å². The van der Waals surface area contributed by atoms with E-state index in [0.29, 0.717) is 6.26 Å². The van der Waals surface area contributed by atoms with Crippen molar-refractivity contribution in [2.45, 2.75) is 0 Å². The van der Waals surface area contributed by atoms with Gasteiger partial charge in [-0.05, 0) is 12.1 Å². The van der Waals surface area contributed by atoms with Crippen molar-refractivity contribution >= 4 is 15.9 Å². The van der Waals surface area contributed by atoms with Gasteiger partial charge in [0.05, 0.1) is 6.26 Å². The number of benzene rings is 1. The summed E-state index contributed by atoms with van der Waals surface area (Å²) in [5.41, 5.74) is -0.0135. The second-order valence-electron chi connectivity index (χ2n) is 2.65. The molecule has 0 heterocycles. The van der Waals surface area contributed by atoms with Gasteiger partial charge in [-0.3, -0.25) is 4.79 Å². The van der Waals surface area contributed by atoms with Crippen molar-refractivity contribution in [3.8, 4) is 0 Å². The van der Waals surface area contributed by atoms with Gasteiger partial charge in [0.2, 0.25) is 0 Å². The number of hydrogen-bond donors (Lipinski definition) is 0. The third kappa shape index (κ3) is 2.29. The van der Waals surface area contributed by atoms with Crippen LogP contribution in [0.5, 0.6) is 0 Å². The van der Waals surface area contributed by atoms with E-state index in [1.54, 1.807) is 6.07 Å². The normalized spacial score (nSPS) is 11.0. The van der Waals surface area contributed by atoms with Gasteiger partial charge >= 0.3 is 0 Å². The highest BCUT2D eigenvalue weighted by Gasteiger charge is 2.24. The smallest absolute Gasteiger partial charge is 0.265 e. The predicted octanol–water partition coefficient (Wildman–Crippen LogP) is 0.973. The summed E-state index contributed by atoms with van der Waals surface area (Å²) in [4.78, 5) is 11.2. The monoisotopic (exact) mass is 217 g/mol. The van der Waals surface area contributed by atoms with Gasteiger partial charge in [0, 0.05) is 5.56 Å². The van der Waals surface area contributed by atoms with Crippen molar-refractivity contribution in [1.82, 2.24) is 4.53 Å². The molecule has 76 valence electrons. The summed E-state index contributed by atoms with van der Waals surface area (Å²) in [5.74, 6) is -1.19. The lowest BCUT2D eigenvalue weighted by Gasteiger charge is -2.08. The van der Waals surface area contributed by atoms with Crippen LogP contribution in [0, 0.1) is 0 Å². The Morgan fingerprint density at radius 3 is 2.21 bits per heavy atom. The van der Waals surface area contributed by atoms with E-state index in [1.807, 2.05) is 0 Å². The molecular weight excluding hydrogens is 209 g/mol. The fraction of sp³-hybridized carbons (Fsp3) is 0.125. The summed E-state index contributed by atoms with van der Waals surface area (Å²) >= 11 is 0. The maximum atomic E-state index is 12.9. The number of carbonyl (C=O) groups is 1. The van der Waals surface area contributed by atoms with E-state index in [1.165, 1.54) is 24.3 Å². The Kier molecular flexibility index (Phi) is 2.85. The standard InChI is InChI=1S/C8H8FNO3S/c1-14(12,13)10(9)8(11)7-5-3-2-4-6-7/h2-6H,1H3. The summed E-state index contributed by atoms with van der Waals surface area (Å²) in [6.07, 6.45) is 0.619. The van der Waals surface area contributed by atoms with Crippen LogP contribution in [-0.4, -0.2) is 25.1 Å². The van der Waals surface area contributed by atoms with E-state index in [-0.39, 0.29) is 5.56 Å². The van der Waals surface area contributed by atoms with E-state index in [2.05, 4.69) is 0 Å². The van der Waals surface area contributed by atoms with Gasteiger partial charge in [0.1, 0.15) is 0 Å². The highest BCUT2D eigenvalue weighted by atomic mass is 32.2. The Balaban J connectivity index is 2.99. The number of rotatable bonds is 2. The Hall–Kier alpha value is -1.43. The van der Waals surface area contributed by atoms with Crippen molar-refractivity contribution in [1.29, 1.82) is 0 Å².